The fraction of sp³-hybridized carbons (Fsp3) is 0.158. The lowest BCUT2D eigenvalue weighted by Crippen LogP contribution is -2.16. The van der Waals surface area contributed by atoms with Crippen molar-refractivity contribution in [3.63, 3.8) is 0 Å². The predicted molar refractivity (Wildman–Crippen MR) is 104 cm³/mol. The van der Waals surface area contributed by atoms with Crippen molar-refractivity contribution in [1.82, 2.24) is 9.97 Å². The topological polar surface area (TPSA) is 41.1 Å². The summed E-state index contributed by atoms with van der Waals surface area (Å²) < 4.78 is 0. The molecule has 0 atom stereocenters. The molecule has 25 heavy (non-hydrogen) atoms. The molecule has 0 bridgehead atoms. The van der Waals surface area contributed by atoms with Crippen LogP contribution in [-0.4, -0.2) is 16.5 Å². The van der Waals surface area contributed by atoms with E-state index in [-0.39, 0.29) is 0 Å². The van der Waals surface area contributed by atoms with Gasteiger partial charge >= 0.3 is 0 Å². The maximum absolute atomic E-state index is 6.07. The van der Waals surface area contributed by atoms with Crippen LogP contribution in [0.4, 0.5) is 23.1 Å². The molecule has 4 nitrogen and oxygen atoms in total. The van der Waals surface area contributed by atoms with Gasteiger partial charge in [-0.15, -0.1) is 0 Å². The third-order valence-corrected chi connectivity index (χ3v) is 4.56. The van der Waals surface area contributed by atoms with E-state index in [4.69, 9.17) is 23.2 Å². The lowest BCUT2D eigenvalue weighted by molar-refractivity contribution is 0.959. The Balaban J connectivity index is 1.68. The number of anilines is 4. The van der Waals surface area contributed by atoms with Gasteiger partial charge in [-0.2, -0.15) is 4.98 Å². The number of aromatic nitrogens is 2. The van der Waals surface area contributed by atoms with Crippen molar-refractivity contribution in [2.45, 2.75) is 13.3 Å². The molecule has 0 saturated heterocycles. The van der Waals surface area contributed by atoms with Gasteiger partial charge in [0.05, 0.1) is 0 Å². The van der Waals surface area contributed by atoms with Crippen LogP contribution in [0.15, 0.2) is 48.5 Å². The number of halogens is 2. The first-order chi connectivity index (χ1) is 12.1. The molecule has 0 aliphatic carbocycles. The summed E-state index contributed by atoms with van der Waals surface area (Å²) in [6.45, 7) is 2.88. The van der Waals surface area contributed by atoms with Gasteiger partial charge < -0.3 is 10.2 Å². The van der Waals surface area contributed by atoms with Crippen LogP contribution in [0, 0.1) is 6.92 Å². The van der Waals surface area contributed by atoms with E-state index in [2.05, 4.69) is 44.5 Å². The van der Waals surface area contributed by atoms with Crippen molar-refractivity contribution in [3.8, 4) is 0 Å². The molecule has 0 amide bonds. The summed E-state index contributed by atoms with van der Waals surface area (Å²) in [5, 5.41) is 4.33. The highest BCUT2D eigenvalue weighted by molar-refractivity contribution is 6.35. The molecule has 1 aliphatic rings. The zero-order valence-electron chi connectivity index (χ0n) is 13.6. The minimum absolute atomic E-state index is 0.526. The Morgan fingerprint density at radius 2 is 1.76 bits per heavy atom. The van der Waals surface area contributed by atoms with Gasteiger partial charge in [-0.3, -0.25) is 0 Å². The number of nitrogens with one attached hydrogen (secondary N) is 1. The number of benzene rings is 2. The Bertz CT molecular complexity index is 922. The third-order valence-electron chi connectivity index (χ3n) is 4.12. The Kier molecular flexibility index (Phi) is 4.24. The number of rotatable bonds is 3. The van der Waals surface area contributed by atoms with Crippen molar-refractivity contribution in [2.75, 3.05) is 16.8 Å². The van der Waals surface area contributed by atoms with Gasteiger partial charge in [0.1, 0.15) is 5.82 Å². The first-order valence-corrected chi connectivity index (χ1v) is 8.78. The van der Waals surface area contributed by atoms with Gasteiger partial charge in [-0.25, -0.2) is 4.98 Å². The lowest BCUT2D eigenvalue weighted by atomic mass is 10.2. The van der Waals surface area contributed by atoms with Gasteiger partial charge in [0, 0.05) is 39.7 Å². The summed E-state index contributed by atoms with van der Waals surface area (Å²) in [6.07, 6.45) is 1.02. The van der Waals surface area contributed by atoms with E-state index >= 15 is 0 Å². The average molecular weight is 371 g/mol. The normalized spacial score (nSPS) is 13.0. The van der Waals surface area contributed by atoms with E-state index < -0.39 is 0 Å². The molecular formula is C19H16Cl2N4. The molecule has 1 aromatic heterocycles. The highest BCUT2D eigenvalue weighted by atomic mass is 35.5. The molecule has 2 heterocycles. The largest absolute Gasteiger partial charge is 0.326 e. The number of nitrogens with zero attached hydrogens (tertiary/aromatic N) is 3. The van der Waals surface area contributed by atoms with Crippen molar-refractivity contribution < 1.29 is 0 Å². The number of fused-ring (bicyclic) bond motifs is 1. The molecule has 1 N–H and O–H groups in total. The van der Waals surface area contributed by atoms with Crippen LogP contribution in [0.3, 0.4) is 0 Å². The molecule has 0 spiro atoms. The second-order valence-corrected chi connectivity index (χ2v) is 6.88. The third kappa shape index (κ3) is 3.41. The zero-order chi connectivity index (χ0) is 17.4. The maximum atomic E-state index is 6.07. The molecule has 0 unspecified atom stereocenters. The van der Waals surface area contributed by atoms with Gasteiger partial charge in [0.2, 0.25) is 5.95 Å². The minimum Gasteiger partial charge on any atom is -0.326 e. The summed E-state index contributed by atoms with van der Waals surface area (Å²) in [5.74, 6) is 1.41. The highest BCUT2D eigenvalue weighted by Gasteiger charge is 2.21. The van der Waals surface area contributed by atoms with Crippen LogP contribution in [0.2, 0.25) is 10.0 Å². The van der Waals surface area contributed by atoms with Crippen LogP contribution in [0.25, 0.3) is 0 Å². The fourth-order valence-electron chi connectivity index (χ4n) is 3.08. The average Bonchev–Trinajstić information content (AvgIpc) is 2.97. The molecule has 1 aliphatic heterocycles. The smallest absolute Gasteiger partial charge is 0.229 e. The zero-order valence-corrected chi connectivity index (χ0v) is 15.1. The van der Waals surface area contributed by atoms with Crippen LogP contribution in [0.1, 0.15) is 11.3 Å². The molecule has 126 valence electrons. The Morgan fingerprint density at radius 3 is 2.56 bits per heavy atom. The van der Waals surface area contributed by atoms with Crippen molar-refractivity contribution in [3.05, 3.63) is 69.8 Å². The predicted octanol–water partition coefficient (Wildman–Crippen LogP) is 5.53. The fourth-order valence-corrected chi connectivity index (χ4v) is 3.60. The van der Waals surface area contributed by atoms with E-state index in [1.165, 1.54) is 11.3 Å². The maximum Gasteiger partial charge on any atom is 0.229 e. The number of hydrogen-bond donors (Lipinski definition) is 1. The van der Waals surface area contributed by atoms with E-state index in [0.29, 0.717) is 16.0 Å². The van der Waals surface area contributed by atoms with Gasteiger partial charge in [-0.05, 0) is 43.2 Å². The van der Waals surface area contributed by atoms with Crippen molar-refractivity contribution in [2.24, 2.45) is 0 Å². The van der Waals surface area contributed by atoms with Gasteiger partial charge in [-0.1, -0.05) is 41.4 Å². The minimum atomic E-state index is 0.526. The molecule has 0 fully saturated rings. The van der Waals surface area contributed by atoms with Crippen LogP contribution < -0.4 is 10.2 Å². The summed E-state index contributed by atoms with van der Waals surface area (Å²) in [7, 11) is 0. The number of para-hydroxylation sites is 1. The molecule has 4 rings (SSSR count). The van der Waals surface area contributed by atoms with E-state index in [0.717, 1.165) is 30.2 Å². The standard InChI is InChI=1S/C19H16Cl2N4/c1-12-8-18(25-7-6-13-4-2-3-5-17(13)25)24-19(22-12)23-16-10-14(20)9-15(21)11-16/h2-5,8-11H,6-7H2,1H3,(H,22,23,24). The quantitative estimate of drug-likeness (QED) is 0.657. The summed E-state index contributed by atoms with van der Waals surface area (Å²) in [4.78, 5) is 11.4. The van der Waals surface area contributed by atoms with E-state index in [9.17, 15) is 0 Å². The second-order valence-electron chi connectivity index (χ2n) is 6.00. The first kappa shape index (κ1) is 16.2. The monoisotopic (exact) mass is 370 g/mol. The Morgan fingerprint density at radius 1 is 1.00 bits per heavy atom. The van der Waals surface area contributed by atoms with Crippen LogP contribution in [-0.2, 0) is 6.42 Å². The highest BCUT2D eigenvalue weighted by Crippen LogP contribution is 2.34. The Hall–Kier alpha value is -2.30. The van der Waals surface area contributed by atoms with Gasteiger partial charge in [0.15, 0.2) is 0 Å². The second kappa shape index (κ2) is 6.54. The molecular weight excluding hydrogens is 355 g/mol. The van der Waals surface area contributed by atoms with Crippen molar-refractivity contribution in [1.29, 1.82) is 0 Å². The van der Waals surface area contributed by atoms with E-state index in [1.807, 2.05) is 13.0 Å². The molecule has 6 heteroatoms. The van der Waals surface area contributed by atoms with Crippen LogP contribution in [0.5, 0.6) is 0 Å². The summed E-state index contributed by atoms with van der Waals surface area (Å²) >= 11 is 12.1. The first-order valence-electron chi connectivity index (χ1n) is 8.03. The molecule has 2 aromatic carbocycles. The van der Waals surface area contributed by atoms with Crippen molar-refractivity contribution >= 4 is 46.3 Å². The lowest BCUT2D eigenvalue weighted by Gasteiger charge is -2.19. The molecule has 3 aromatic rings. The molecule has 0 radical (unpaired) electrons. The SMILES string of the molecule is Cc1cc(N2CCc3ccccc32)nc(Nc2cc(Cl)cc(Cl)c2)n1. The summed E-state index contributed by atoms with van der Waals surface area (Å²) in [5.41, 5.74) is 4.20. The number of aryl methyl sites for hydroxylation is 1. The molecule has 0 saturated carbocycles. The summed E-state index contributed by atoms with van der Waals surface area (Å²) in [6, 6.07) is 15.7. The van der Waals surface area contributed by atoms with E-state index in [1.54, 1.807) is 18.2 Å². The van der Waals surface area contributed by atoms with Gasteiger partial charge in [0.25, 0.3) is 0 Å². The van der Waals surface area contributed by atoms with Crippen LogP contribution >= 0.6 is 23.2 Å². The Labute approximate surface area is 156 Å². The number of hydrogen-bond acceptors (Lipinski definition) is 4.